The number of hydrogen-bond donors (Lipinski definition) is 2. The van der Waals surface area contributed by atoms with Gasteiger partial charge in [0.05, 0.1) is 12.8 Å². The van der Waals surface area contributed by atoms with Gasteiger partial charge in [-0.3, -0.25) is 4.79 Å². The minimum Gasteiger partial charge on any atom is -0.497 e. The zero-order valence-corrected chi connectivity index (χ0v) is 14.3. The quantitative estimate of drug-likeness (QED) is 0.586. The van der Waals surface area contributed by atoms with E-state index >= 15 is 0 Å². The number of rotatable bonds is 7. The standard InChI is InChI=1S/C18H23FN4O2/c1-12(19)8-15(13(2)25-3)16-10-17(22-11-21-16)23-18(24)9-14-4-6-20-7-5-14/h8,10-11,14,20H,1-2,4-7,9H2,3H3,(H,21,22,23,24)/b15-8+. The van der Waals surface area contributed by atoms with Gasteiger partial charge in [-0.05, 0) is 37.9 Å². The van der Waals surface area contributed by atoms with Gasteiger partial charge in [0, 0.05) is 18.1 Å². The van der Waals surface area contributed by atoms with Crippen LogP contribution in [0.3, 0.4) is 0 Å². The number of anilines is 1. The smallest absolute Gasteiger partial charge is 0.225 e. The average Bonchev–Trinajstić information content (AvgIpc) is 2.60. The van der Waals surface area contributed by atoms with Crippen molar-refractivity contribution < 1.29 is 13.9 Å². The van der Waals surface area contributed by atoms with Crippen molar-refractivity contribution in [2.24, 2.45) is 5.92 Å². The van der Waals surface area contributed by atoms with E-state index in [0.717, 1.165) is 25.9 Å². The highest BCUT2D eigenvalue weighted by Gasteiger charge is 2.17. The maximum Gasteiger partial charge on any atom is 0.225 e. The summed E-state index contributed by atoms with van der Waals surface area (Å²) in [5, 5.41) is 6.04. The number of halogens is 1. The van der Waals surface area contributed by atoms with Crippen molar-refractivity contribution in [1.29, 1.82) is 0 Å². The first-order chi connectivity index (χ1) is 12.0. The van der Waals surface area contributed by atoms with E-state index in [1.165, 1.54) is 19.5 Å². The third kappa shape index (κ3) is 5.79. The predicted molar refractivity (Wildman–Crippen MR) is 95.2 cm³/mol. The molecule has 7 heteroatoms. The first-order valence-corrected chi connectivity index (χ1v) is 8.12. The lowest BCUT2D eigenvalue weighted by atomic mass is 9.94. The van der Waals surface area contributed by atoms with Gasteiger partial charge in [-0.25, -0.2) is 14.4 Å². The summed E-state index contributed by atoms with van der Waals surface area (Å²) in [7, 11) is 1.43. The van der Waals surface area contributed by atoms with Crippen LogP contribution in [0.4, 0.5) is 10.2 Å². The number of piperidine rings is 1. The summed E-state index contributed by atoms with van der Waals surface area (Å²) >= 11 is 0. The van der Waals surface area contributed by atoms with Crippen molar-refractivity contribution in [3.8, 4) is 0 Å². The molecular weight excluding hydrogens is 323 g/mol. The molecule has 1 aromatic heterocycles. The number of nitrogens with one attached hydrogen (secondary N) is 2. The van der Waals surface area contributed by atoms with Crippen LogP contribution >= 0.6 is 0 Å². The molecule has 1 aliphatic rings. The fourth-order valence-electron chi connectivity index (χ4n) is 2.68. The van der Waals surface area contributed by atoms with E-state index in [4.69, 9.17) is 4.74 Å². The van der Waals surface area contributed by atoms with Crippen LogP contribution < -0.4 is 10.6 Å². The Balaban J connectivity index is 2.10. The second kappa shape index (κ2) is 9.08. The van der Waals surface area contributed by atoms with Gasteiger partial charge in [0.25, 0.3) is 0 Å². The highest BCUT2D eigenvalue weighted by molar-refractivity contribution is 5.90. The summed E-state index contributed by atoms with van der Waals surface area (Å²) in [5.41, 5.74) is 0.726. The minimum atomic E-state index is -0.650. The van der Waals surface area contributed by atoms with E-state index in [1.807, 2.05) is 0 Å². The van der Waals surface area contributed by atoms with Crippen molar-refractivity contribution >= 4 is 17.3 Å². The zero-order valence-electron chi connectivity index (χ0n) is 14.3. The van der Waals surface area contributed by atoms with Crippen molar-refractivity contribution in [3.63, 3.8) is 0 Å². The third-order valence-corrected chi connectivity index (χ3v) is 3.99. The van der Waals surface area contributed by atoms with Gasteiger partial charge in [-0.15, -0.1) is 0 Å². The van der Waals surface area contributed by atoms with Gasteiger partial charge in [0.15, 0.2) is 0 Å². The summed E-state index contributed by atoms with van der Waals surface area (Å²) in [6.45, 7) is 8.81. The second-order valence-corrected chi connectivity index (χ2v) is 5.87. The zero-order chi connectivity index (χ0) is 18.2. The summed E-state index contributed by atoms with van der Waals surface area (Å²) in [6, 6.07) is 1.55. The van der Waals surface area contributed by atoms with Crippen LogP contribution in [0, 0.1) is 5.92 Å². The number of carbonyl (C=O) groups is 1. The Labute approximate surface area is 146 Å². The lowest BCUT2D eigenvalue weighted by Gasteiger charge is -2.21. The van der Waals surface area contributed by atoms with Gasteiger partial charge in [0.2, 0.25) is 5.91 Å². The highest BCUT2D eigenvalue weighted by Crippen LogP contribution is 2.24. The summed E-state index contributed by atoms with van der Waals surface area (Å²) in [5.74, 6) is 0.222. The molecule has 2 heterocycles. The largest absolute Gasteiger partial charge is 0.497 e. The van der Waals surface area contributed by atoms with E-state index in [9.17, 15) is 9.18 Å². The van der Waals surface area contributed by atoms with Crippen LogP contribution in [0.25, 0.3) is 5.57 Å². The number of carbonyl (C=O) groups excluding carboxylic acids is 1. The van der Waals surface area contributed by atoms with Crippen LogP contribution in [0.2, 0.25) is 0 Å². The topological polar surface area (TPSA) is 76.1 Å². The van der Waals surface area contributed by atoms with E-state index in [1.54, 1.807) is 6.07 Å². The van der Waals surface area contributed by atoms with Gasteiger partial charge >= 0.3 is 0 Å². The monoisotopic (exact) mass is 346 g/mol. The number of allylic oxidation sites excluding steroid dienone is 3. The molecule has 0 bridgehead atoms. The molecule has 0 aliphatic carbocycles. The molecule has 1 aliphatic heterocycles. The molecule has 0 spiro atoms. The Morgan fingerprint density at radius 2 is 2.16 bits per heavy atom. The lowest BCUT2D eigenvalue weighted by Crippen LogP contribution is -2.30. The van der Waals surface area contributed by atoms with Gasteiger partial charge in [0.1, 0.15) is 23.7 Å². The normalized spacial score (nSPS) is 15.5. The van der Waals surface area contributed by atoms with E-state index in [-0.39, 0.29) is 11.7 Å². The van der Waals surface area contributed by atoms with Crippen molar-refractivity contribution in [2.75, 3.05) is 25.5 Å². The average molecular weight is 346 g/mol. The molecular formula is C18H23FN4O2. The van der Waals surface area contributed by atoms with Crippen LogP contribution in [0.1, 0.15) is 25.0 Å². The number of amides is 1. The van der Waals surface area contributed by atoms with Crippen LogP contribution in [0.5, 0.6) is 0 Å². The Bertz CT molecular complexity index is 681. The molecule has 134 valence electrons. The Hall–Kier alpha value is -2.54. The number of methoxy groups -OCH3 is 1. The number of ether oxygens (including phenoxy) is 1. The second-order valence-electron chi connectivity index (χ2n) is 5.87. The Morgan fingerprint density at radius 1 is 1.44 bits per heavy atom. The van der Waals surface area contributed by atoms with E-state index in [0.29, 0.717) is 29.4 Å². The maximum absolute atomic E-state index is 13.2. The van der Waals surface area contributed by atoms with Crippen LogP contribution in [0.15, 0.2) is 43.2 Å². The number of hydrogen-bond acceptors (Lipinski definition) is 5. The summed E-state index contributed by atoms with van der Waals surface area (Å²) in [4.78, 5) is 20.4. The molecule has 0 saturated carbocycles. The molecule has 0 unspecified atom stereocenters. The molecule has 0 atom stereocenters. The molecule has 1 saturated heterocycles. The molecule has 1 aromatic rings. The van der Waals surface area contributed by atoms with Gasteiger partial charge in [-0.2, -0.15) is 0 Å². The molecule has 2 rings (SSSR count). The molecule has 2 N–H and O–H groups in total. The summed E-state index contributed by atoms with van der Waals surface area (Å²) in [6.07, 6.45) is 4.90. The fourth-order valence-corrected chi connectivity index (χ4v) is 2.68. The van der Waals surface area contributed by atoms with Crippen LogP contribution in [-0.2, 0) is 9.53 Å². The lowest BCUT2D eigenvalue weighted by molar-refractivity contribution is -0.117. The number of aromatic nitrogens is 2. The minimum absolute atomic E-state index is 0.0949. The van der Waals surface area contributed by atoms with Gasteiger partial charge in [-0.1, -0.05) is 13.2 Å². The van der Waals surface area contributed by atoms with Crippen molar-refractivity contribution in [3.05, 3.63) is 48.9 Å². The summed E-state index contributed by atoms with van der Waals surface area (Å²) < 4.78 is 18.3. The predicted octanol–water partition coefficient (Wildman–Crippen LogP) is 2.83. The SMILES string of the molecule is C=C(F)/C=C(\C(=C)OC)c1cc(NC(=O)CC2CCNCC2)ncn1. The molecule has 1 fully saturated rings. The van der Waals surface area contributed by atoms with Crippen LogP contribution in [-0.4, -0.2) is 36.1 Å². The maximum atomic E-state index is 13.2. The molecule has 1 amide bonds. The fraction of sp³-hybridized carbons (Fsp3) is 0.389. The number of nitrogens with zero attached hydrogens (tertiary/aromatic N) is 2. The highest BCUT2D eigenvalue weighted by atomic mass is 19.1. The Morgan fingerprint density at radius 3 is 2.80 bits per heavy atom. The van der Waals surface area contributed by atoms with Crippen molar-refractivity contribution in [1.82, 2.24) is 15.3 Å². The van der Waals surface area contributed by atoms with E-state index < -0.39 is 5.83 Å². The molecule has 25 heavy (non-hydrogen) atoms. The van der Waals surface area contributed by atoms with E-state index in [2.05, 4.69) is 33.8 Å². The molecule has 6 nitrogen and oxygen atoms in total. The first-order valence-electron chi connectivity index (χ1n) is 8.12. The first kappa shape index (κ1) is 18.8. The van der Waals surface area contributed by atoms with Crippen molar-refractivity contribution in [2.45, 2.75) is 19.3 Å². The Kier molecular flexibility index (Phi) is 6.82. The molecule has 0 radical (unpaired) electrons. The third-order valence-electron chi connectivity index (χ3n) is 3.99. The molecule has 0 aromatic carbocycles. The van der Waals surface area contributed by atoms with Gasteiger partial charge < -0.3 is 15.4 Å².